The van der Waals surface area contributed by atoms with Gasteiger partial charge in [0.05, 0.1) is 6.54 Å². The first kappa shape index (κ1) is 15.8. The van der Waals surface area contributed by atoms with Crippen molar-refractivity contribution in [2.75, 3.05) is 0 Å². The van der Waals surface area contributed by atoms with E-state index in [0.29, 0.717) is 0 Å². The molecule has 2 aromatic carbocycles. The van der Waals surface area contributed by atoms with Gasteiger partial charge < -0.3 is 0 Å². The van der Waals surface area contributed by atoms with Gasteiger partial charge in [-0.3, -0.25) is 4.68 Å². The van der Waals surface area contributed by atoms with E-state index in [1.165, 1.54) is 11.1 Å². The molecule has 3 nitrogen and oxygen atoms in total. The van der Waals surface area contributed by atoms with Gasteiger partial charge in [-0.2, -0.15) is 5.10 Å². The van der Waals surface area contributed by atoms with E-state index in [2.05, 4.69) is 59.5 Å². The molecule has 0 fully saturated rings. The molecule has 0 aliphatic rings. The number of nitrogens with zero attached hydrogens (tertiary/aromatic N) is 3. The topological polar surface area (TPSA) is 30.7 Å². The molecule has 1 heterocycles. The van der Waals surface area contributed by atoms with Crippen molar-refractivity contribution < 1.29 is 0 Å². The Bertz CT molecular complexity index is 723. The third kappa shape index (κ3) is 3.99. The van der Waals surface area contributed by atoms with Crippen LogP contribution in [0.15, 0.2) is 67.3 Å². The molecule has 3 aromatic rings. The van der Waals surface area contributed by atoms with Crippen LogP contribution in [0.25, 0.3) is 0 Å². The second-order valence-electron chi connectivity index (χ2n) is 6.15. The molecular formula is C19H20ClN3. The van der Waals surface area contributed by atoms with Crippen LogP contribution in [0.4, 0.5) is 0 Å². The first-order chi connectivity index (χ1) is 11.2. The minimum absolute atomic E-state index is 0.00536. The SMILES string of the molecule is C[C@@](CCc1ccc(Cl)cc1)(Cn1cncn1)c1ccccc1. The van der Waals surface area contributed by atoms with Gasteiger partial charge in [-0.05, 0) is 36.1 Å². The number of benzene rings is 2. The Morgan fingerprint density at radius 1 is 1.04 bits per heavy atom. The van der Waals surface area contributed by atoms with Crippen LogP contribution in [0, 0.1) is 0 Å². The summed E-state index contributed by atoms with van der Waals surface area (Å²) in [4.78, 5) is 4.07. The number of aromatic nitrogens is 3. The summed E-state index contributed by atoms with van der Waals surface area (Å²) < 4.78 is 1.91. The average molecular weight is 326 g/mol. The Hall–Kier alpha value is -2.13. The summed E-state index contributed by atoms with van der Waals surface area (Å²) in [6, 6.07) is 18.7. The first-order valence-corrected chi connectivity index (χ1v) is 8.16. The molecule has 0 radical (unpaired) electrons. The monoisotopic (exact) mass is 325 g/mol. The maximum Gasteiger partial charge on any atom is 0.137 e. The summed E-state index contributed by atoms with van der Waals surface area (Å²) >= 11 is 5.97. The summed E-state index contributed by atoms with van der Waals surface area (Å²) in [5, 5.41) is 5.06. The Labute approximate surface area is 142 Å². The molecule has 1 atom stereocenters. The van der Waals surface area contributed by atoms with Gasteiger partial charge in [-0.1, -0.05) is 61.0 Å². The van der Waals surface area contributed by atoms with Crippen molar-refractivity contribution >= 4 is 11.6 Å². The number of rotatable bonds is 6. The minimum Gasteiger partial charge on any atom is -0.252 e. The predicted octanol–water partition coefficient (Wildman–Crippen LogP) is 4.52. The zero-order valence-corrected chi connectivity index (χ0v) is 13.9. The van der Waals surface area contributed by atoms with Crippen LogP contribution >= 0.6 is 11.6 Å². The van der Waals surface area contributed by atoms with Crippen molar-refractivity contribution in [1.82, 2.24) is 14.8 Å². The molecule has 0 aliphatic carbocycles. The van der Waals surface area contributed by atoms with Crippen LogP contribution in [0.1, 0.15) is 24.5 Å². The van der Waals surface area contributed by atoms with Gasteiger partial charge in [0.2, 0.25) is 0 Å². The Morgan fingerprint density at radius 2 is 1.78 bits per heavy atom. The molecule has 0 amide bonds. The second-order valence-corrected chi connectivity index (χ2v) is 6.58. The highest BCUT2D eigenvalue weighted by atomic mass is 35.5. The van der Waals surface area contributed by atoms with Gasteiger partial charge >= 0.3 is 0 Å². The molecule has 23 heavy (non-hydrogen) atoms. The van der Waals surface area contributed by atoms with E-state index in [1.807, 2.05) is 16.8 Å². The average Bonchev–Trinajstić information content (AvgIpc) is 3.08. The lowest BCUT2D eigenvalue weighted by Crippen LogP contribution is -2.29. The van der Waals surface area contributed by atoms with Crippen molar-refractivity contribution in [3.63, 3.8) is 0 Å². The van der Waals surface area contributed by atoms with Crippen molar-refractivity contribution in [1.29, 1.82) is 0 Å². The zero-order valence-electron chi connectivity index (χ0n) is 13.2. The van der Waals surface area contributed by atoms with E-state index >= 15 is 0 Å². The molecule has 0 bridgehead atoms. The molecule has 3 rings (SSSR count). The molecule has 4 heteroatoms. The van der Waals surface area contributed by atoms with Crippen LogP contribution in [0.3, 0.4) is 0 Å². The summed E-state index contributed by atoms with van der Waals surface area (Å²) in [5.41, 5.74) is 2.62. The highest BCUT2D eigenvalue weighted by molar-refractivity contribution is 6.30. The molecular weight excluding hydrogens is 306 g/mol. The van der Waals surface area contributed by atoms with Crippen molar-refractivity contribution in [3.05, 3.63) is 83.4 Å². The van der Waals surface area contributed by atoms with Gasteiger partial charge in [0.25, 0.3) is 0 Å². The van der Waals surface area contributed by atoms with E-state index < -0.39 is 0 Å². The lowest BCUT2D eigenvalue weighted by atomic mass is 9.77. The van der Waals surface area contributed by atoms with Crippen LogP contribution in [0.5, 0.6) is 0 Å². The predicted molar refractivity (Wildman–Crippen MR) is 93.6 cm³/mol. The van der Waals surface area contributed by atoms with Crippen LogP contribution in [0.2, 0.25) is 5.02 Å². The van der Waals surface area contributed by atoms with Gasteiger partial charge in [0, 0.05) is 10.4 Å². The van der Waals surface area contributed by atoms with E-state index in [-0.39, 0.29) is 5.41 Å². The molecule has 1 aromatic heterocycles. The number of aryl methyl sites for hydroxylation is 1. The zero-order chi connectivity index (χ0) is 16.1. The highest BCUT2D eigenvalue weighted by Gasteiger charge is 2.27. The number of hydrogen-bond donors (Lipinski definition) is 0. The number of hydrogen-bond acceptors (Lipinski definition) is 2. The Morgan fingerprint density at radius 3 is 2.43 bits per heavy atom. The van der Waals surface area contributed by atoms with Crippen LogP contribution in [-0.2, 0) is 18.4 Å². The van der Waals surface area contributed by atoms with Gasteiger partial charge in [0.1, 0.15) is 12.7 Å². The van der Waals surface area contributed by atoms with Crippen molar-refractivity contribution in [2.45, 2.75) is 31.7 Å². The first-order valence-electron chi connectivity index (χ1n) is 7.78. The standard InChI is InChI=1S/C19H20ClN3/c1-19(13-23-15-21-14-22-23,17-5-3-2-4-6-17)12-11-16-7-9-18(20)10-8-16/h2-10,14-15H,11-13H2,1H3/t19-/m1/s1. The van der Waals surface area contributed by atoms with Gasteiger partial charge in [-0.25, -0.2) is 4.98 Å². The van der Waals surface area contributed by atoms with E-state index in [0.717, 1.165) is 24.4 Å². The molecule has 0 N–H and O–H groups in total. The minimum atomic E-state index is -0.00536. The maximum atomic E-state index is 5.97. The number of halogens is 1. The molecule has 0 spiro atoms. The lowest BCUT2D eigenvalue weighted by Gasteiger charge is -2.30. The van der Waals surface area contributed by atoms with Crippen LogP contribution < -0.4 is 0 Å². The van der Waals surface area contributed by atoms with Crippen LogP contribution in [-0.4, -0.2) is 14.8 Å². The normalized spacial score (nSPS) is 13.7. The van der Waals surface area contributed by atoms with Gasteiger partial charge in [-0.15, -0.1) is 0 Å². The summed E-state index contributed by atoms with van der Waals surface area (Å²) in [6.45, 7) is 3.10. The largest absolute Gasteiger partial charge is 0.252 e. The van der Waals surface area contributed by atoms with E-state index in [4.69, 9.17) is 11.6 Å². The smallest absolute Gasteiger partial charge is 0.137 e. The summed E-state index contributed by atoms with van der Waals surface area (Å²) in [5.74, 6) is 0. The van der Waals surface area contributed by atoms with E-state index in [9.17, 15) is 0 Å². The highest BCUT2D eigenvalue weighted by Crippen LogP contribution is 2.31. The Kier molecular flexibility index (Phi) is 4.77. The van der Waals surface area contributed by atoms with E-state index in [1.54, 1.807) is 12.7 Å². The third-order valence-electron chi connectivity index (χ3n) is 4.33. The Balaban J connectivity index is 1.81. The molecule has 0 saturated heterocycles. The van der Waals surface area contributed by atoms with Crippen molar-refractivity contribution in [3.8, 4) is 0 Å². The second kappa shape index (κ2) is 6.97. The third-order valence-corrected chi connectivity index (χ3v) is 4.58. The fourth-order valence-corrected chi connectivity index (χ4v) is 3.02. The maximum absolute atomic E-state index is 5.97. The van der Waals surface area contributed by atoms with Crippen molar-refractivity contribution in [2.24, 2.45) is 0 Å². The lowest BCUT2D eigenvalue weighted by molar-refractivity contribution is 0.350. The quantitative estimate of drug-likeness (QED) is 0.667. The summed E-state index contributed by atoms with van der Waals surface area (Å²) in [6.07, 6.45) is 5.39. The molecule has 0 saturated carbocycles. The fraction of sp³-hybridized carbons (Fsp3) is 0.263. The molecule has 0 aliphatic heterocycles. The van der Waals surface area contributed by atoms with Gasteiger partial charge in [0.15, 0.2) is 0 Å². The summed E-state index contributed by atoms with van der Waals surface area (Å²) in [7, 11) is 0. The fourth-order valence-electron chi connectivity index (χ4n) is 2.90. The molecule has 118 valence electrons. The molecule has 0 unspecified atom stereocenters.